The van der Waals surface area contributed by atoms with E-state index in [1.165, 1.54) is 16.6 Å². The van der Waals surface area contributed by atoms with Crippen molar-refractivity contribution in [1.29, 1.82) is 0 Å². The average Bonchev–Trinajstić information content (AvgIpc) is 3.08. The first kappa shape index (κ1) is 20.9. The summed E-state index contributed by atoms with van der Waals surface area (Å²) in [6, 6.07) is 9.85. The molecule has 0 unspecified atom stereocenters. The fourth-order valence-corrected chi connectivity index (χ4v) is 5.25. The lowest BCUT2D eigenvalue weighted by Crippen LogP contribution is -2.27. The van der Waals surface area contributed by atoms with Gasteiger partial charge in [-0.3, -0.25) is 9.59 Å². The van der Waals surface area contributed by atoms with Gasteiger partial charge in [0.25, 0.3) is 5.91 Å². The van der Waals surface area contributed by atoms with E-state index in [2.05, 4.69) is 10.6 Å². The highest BCUT2D eigenvalue weighted by molar-refractivity contribution is 8.00. The molecule has 5 nitrogen and oxygen atoms in total. The van der Waals surface area contributed by atoms with E-state index in [9.17, 15) is 9.59 Å². The number of aryl methyl sites for hydroxylation is 1. The number of methoxy groups -OCH3 is 1. The minimum atomic E-state index is -0.0958. The molecule has 2 aromatic rings. The number of benzene rings is 1. The molecule has 0 fully saturated rings. The summed E-state index contributed by atoms with van der Waals surface area (Å²) in [4.78, 5) is 27.6. The van der Waals surface area contributed by atoms with E-state index in [1.54, 1.807) is 18.4 Å². The number of hydrogen-bond donors (Lipinski definition) is 2. The molecular formula is C21H26N2O3S2. The van der Waals surface area contributed by atoms with Crippen LogP contribution in [-0.4, -0.2) is 37.8 Å². The van der Waals surface area contributed by atoms with Crippen LogP contribution in [0.1, 0.15) is 40.1 Å². The zero-order chi connectivity index (χ0) is 19.8. The summed E-state index contributed by atoms with van der Waals surface area (Å²) in [6.45, 7) is 1.18. The molecule has 0 saturated heterocycles. The van der Waals surface area contributed by atoms with Crippen LogP contribution in [0.25, 0.3) is 0 Å². The molecule has 0 bridgehead atoms. The number of hydrogen-bond acceptors (Lipinski definition) is 5. The molecule has 2 N–H and O–H groups in total. The van der Waals surface area contributed by atoms with Crippen molar-refractivity contribution in [3.05, 3.63) is 46.3 Å². The number of carbonyl (C=O) groups excluding carboxylic acids is 2. The second-order valence-electron chi connectivity index (χ2n) is 6.67. The number of ether oxygens (including phenoxy) is 1. The molecule has 1 aliphatic rings. The predicted octanol–water partition coefficient (Wildman–Crippen LogP) is 4.12. The van der Waals surface area contributed by atoms with Crippen molar-refractivity contribution in [2.45, 2.75) is 37.0 Å². The van der Waals surface area contributed by atoms with Gasteiger partial charge >= 0.3 is 0 Å². The minimum Gasteiger partial charge on any atom is -0.385 e. The lowest BCUT2D eigenvalue weighted by molar-refractivity contribution is -0.113. The maximum atomic E-state index is 12.8. The Morgan fingerprint density at radius 2 is 1.96 bits per heavy atom. The first-order valence-corrected chi connectivity index (χ1v) is 11.4. The van der Waals surface area contributed by atoms with Crippen molar-refractivity contribution < 1.29 is 14.3 Å². The van der Waals surface area contributed by atoms with Crippen LogP contribution in [0.5, 0.6) is 0 Å². The summed E-state index contributed by atoms with van der Waals surface area (Å²) in [5.74, 6) is 0.143. The van der Waals surface area contributed by atoms with Crippen LogP contribution in [0.15, 0.2) is 35.2 Å². The Hall–Kier alpha value is -1.83. The zero-order valence-electron chi connectivity index (χ0n) is 16.1. The average molecular weight is 419 g/mol. The quantitative estimate of drug-likeness (QED) is 0.475. The van der Waals surface area contributed by atoms with Gasteiger partial charge in [0.2, 0.25) is 5.91 Å². The van der Waals surface area contributed by atoms with Gasteiger partial charge in [-0.15, -0.1) is 23.1 Å². The van der Waals surface area contributed by atoms with Gasteiger partial charge < -0.3 is 15.4 Å². The highest BCUT2D eigenvalue weighted by Gasteiger charge is 2.26. The first-order valence-electron chi connectivity index (χ1n) is 9.58. The van der Waals surface area contributed by atoms with E-state index in [0.29, 0.717) is 29.5 Å². The number of amides is 2. The van der Waals surface area contributed by atoms with Gasteiger partial charge in [0.15, 0.2) is 0 Å². The Labute approximate surface area is 174 Å². The van der Waals surface area contributed by atoms with E-state index in [-0.39, 0.29) is 11.8 Å². The Kier molecular flexibility index (Phi) is 7.94. The van der Waals surface area contributed by atoms with Gasteiger partial charge in [-0.2, -0.15) is 0 Å². The summed E-state index contributed by atoms with van der Waals surface area (Å²) in [6.07, 6.45) is 4.88. The topological polar surface area (TPSA) is 67.4 Å². The summed E-state index contributed by atoms with van der Waals surface area (Å²) < 4.78 is 5.04. The van der Waals surface area contributed by atoms with Crippen LogP contribution in [0.3, 0.4) is 0 Å². The van der Waals surface area contributed by atoms with Gasteiger partial charge in [-0.25, -0.2) is 0 Å². The van der Waals surface area contributed by atoms with Crippen LogP contribution in [0, 0.1) is 0 Å². The SMILES string of the molecule is COCCCNC(=O)c1c(NC(=O)CSc2ccccc2)sc2c1CCCC2. The van der Waals surface area contributed by atoms with Crippen molar-refractivity contribution in [2.75, 3.05) is 31.3 Å². The number of anilines is 1. The maximum absolute atomic E-state index is 12.8. The van der Waals surface area contributed by atoms with Gasteiger partial charge in [0, 0.05) is 30.0 Å². The molecule has 1 heterocycles. The van der Waals surface area contributed by atoms with Gasteiger partial charge in [-0.1, -0.05) is 18.2 Å². The molecule has 0 radical (unpaired) electrons. The number of thioether (sulfide) groups is 1. The number of carbonyl (C=O) groups is 2. The van der Waals surface area contributed by atoms with Crippen LogP contribution >= 0.6 is 23.1 Å². The van der Waals surface area contributed by atoms with E-state index >= 15 is 0 Å². The van der Waals surface area contributed by atoms with Crippen LogP contribution in [0.2, 0.25) is 0 Å². The third kappa shape index (κ3) is 5.59. The molecule has 0 spiro atoms. The molecule has 1 aromatic carbocycles. The molecule has 0 atom stereocenters. The van der Waals surface area contributed by atoms with Gasteiger partial charge in [-0.05, 0) is 49.8 Å². The smallest absolute Gasteiger partial charge is 0.254 e. The van der Waals surface area contributed by atoms with Crippen molar-refractivity contribution in [3.8, 4) is 0 Å². The highest BCUT2D eigenvalue weighted by atomic mass is 32.2. The minimum absolute atomic E-state index is 0.0825. The molecular weight excluding hydrogens is 392 g/mol. The molecule has 0 aliphatic heterocycles. The van der Waals surface area contributed by atoms with Gasteiger partial charge in [0.05, 0.1) is 11.3 Å². The zero-order valence-corrected chi connectivity index (χ0v) is 17.7. The van der Waals surface area contributed by atoms with E-state index < -0.39 is 0 Å². The Balaban J connectivity index is 1.68. The number of nitrogens with one attached hydrogen (secondary N) is 2. The molecule has 1 aliphatic carbocycles. The molecule has 150 valence electrons. The lowest BCUT2D eigenvalue weighted by Gasteiger charge is -2.13. The summed E-state index contributed by atoms with van der Waals surface area (Å²) in [5, 5.41) is 6.66. The van der Waals surface area contributed by atoms with Crippen molar-refractivity contribution in [2.24, 2.45) is 0 Å². The molecule has 3 rings (SSSR count). The second kappa shape index (κ2) is 10.6. The molecule has 7 heteroatoms. The number of fused-ring (bicyclic) bond motifs is 1. The maximum Gasteiger partial charge on any atom is 0.254 e. The van der Waals surface area contributed by atoms with E-state index in [4.69, 9.17) is 4.74 Å². The largest absolute Gasteiger partial charge is 0.385 e. The fraction of sp³-hybridized carbons (Fsp3) is 0.429. The number of rotatable bonds is 9. The van der Waals surface area contributed by atoms with Crippen molar-refractivity contribution >= 4 is 39.9 Å². The van der Waals surface area contributed by atoms with Crippen LogP contribution < -0.4 is 10.6 Å². The first-order chi connectivity index (χ1) is 13.7. The second-order valence-corrected chi connectivity index (χ2v) is 8.82. The Morgan fingerprint density at radius 1 is 1.18 bits per heavy atom. The lowest BCUT2D eigenvalue weighted by atomic mass is 9.95. The Morgan fingerprint density at radius 3 is 2.75 bits per heavy atom. The summed E-state index contributed by atoms with van der Waals surface area (Å²) in [7, 11) is 1.65. The van der Waals surface area contributed by atoms with E-state index in [1.807, 2.05) is 30.3 Å². The summed E-state index contributed by atoms with van der Waals surface area (Å²) >= 11 is 3.05. The molecule has 0 saturated carbocycles. The highest BCUT2D eigenvalue weighted by Crippen LogP contribution is 2.38. The molecule has 1 aromatic heterocycles. The number of thiophene rings is 1. The molecule has 2 amide bonds. The fourth-order valence-electron chi connectivity index (χ4n) is 3.23. The standard InChI is InChI=1S/C21H26N2O3S2/c1-26-13-7-12-22-20(25)19-16-10-5-6-11-17(16)28-21(19)23-18(24)14-27-15-8-3-2-4-9-15/h2-4,8-9H,5-7,10-14H2,1H3,(H,22,25)(H,23,24). The third-order valence-corrected chi connectivity index (χ3v) is 6.79. The normalized spacial score (nSPS) is 13.0. The molecule has 28 heavy (non-hydrogen) atoms. The van der Waals surface area contributed by atoms with Crippen LogP contribution in [0.4, 0.5) is 5.00 Å². The van der Waals surface area contributed by atoms with E-state index in [0.717, 1.165) is 42.6 Å². The summed E-state index contributed by atoms with van der Waals surface area (Å²) in [5.41, 5.74) is 1.78. The van der Waals surface area contributed by atoms with Gasteiger partial charge in [0.1, 0.15) is 5.00 Å². The van der Waals surface area contributed by atoms with Crippen LogP contribution in [-0.2, 0) is 22.4 Å². The predicted molar refractivity (Wildman–Crippen MR) is 116 cm³/mol. The van der Waals surface area contributed by atoms with Crippen molar-refractivity contribution in [1.82, 2.24) is 5.32 Å². The third-order valence-electron chi connectivity index (χ3n) is 4.58. The Bertz CT molecular complexity index is 805. The monoisotopic (exact) mass is 418 g/mol. The van der Waals surface area contributed by atoms with Crippen molar-refractivity contribution in [3.63, 3.8) is 0 Å².